The average Bonchev–Trinajstić information content (AvgIpc) is 3.11. The number of amides is 1. The maximum absolute atomic E-state index is 12.0. The van der Waals surface area contributed by atoms with E-state index in [9.17, 15) is 38.5 Å². The van der Waals surface area contributed by atoms with Gasteiger partial charge in [-0.05, 0) is 6.92 Å². The van der Waals surface area contributed by atoms with Crippen LogP contribution < -0.4 is 5.32 Å². The number of anilines is 1. The zero-order valence-electron chi connectivity index (χ0n) is 18.0. The number of nitrogens with zero attached hydrogens (tertiary/aromatic N) is 4. The molecule has 0 spiro atoms. The molecule has 4 rings (SSSR count). The first kappa shape index (κ1) is 27.3. The maximum atomic E-state index is 12.0. The van der Waals surface area contributed by atoms with Gasteiger partial charge in [-0.15, -0.1) is 0 Å². The van der Waals surface area contributed by atoms with Crippen molar-refractivity contribution in [3.05, 3.63) is 12.0 Å². The monoisotopic (exact) mass is 575 g/mol. The summed E-state index contributed by atoms with van der Waals surface area (Å²) in [5.41, 5.74) is -1.54. The van der Waals surface area contributed by atoms with Crippen molar-refractivity contribution >= 4 is 46.2 Å². The van der Waals surface area contributed by atoms with Crippen molar-refractivity contribution in [2.75, 3.05) is 11.9 Å². The molecule has 0 aliphatic carbocycles. The summed E-state index contributed by atoms with van der Waals surface area (Å²) >= 11 is 0. The van der Waals surface area contributed by atoms with E-state index in [2.05, 4.69) is 33.5 Å². The Morgan fingerprint density at radius 2 is 1.86 bits per heavy atom. The third-order valence-corrected chi connectivity index (χ3v) is 9.01. The van der Waals surface area contributed by atoms with Crippen LogP contribution in [-0.4, -0.2) is 79.9 Å². The smallest absolute Gasteiger partial charge is 0.387 e. The molecular formula is C14H20N5O14P3. The van der Waals surface area contributed by atoms with Gasteiger partial charge in [0.1, 0.15) is 30.0 Å². The van der Waals surface area contributed by atoms with Crippen LogP contribution in [0.2, 0.25) is 0 Å². The van der Waals surface area contributed by atoms with Gasteiger partial charge in [-0.2, -0.15) is 13.7 Å². The van der Waals surface area contributed by atoms with Gasteiger partial charge < -0.3 is 39.8 Å². The molecule has 2 aromatic rings. The largest absolute Gasteiger partial charge is 0.490 e. The first-order chi connectivity index (χ1) is 16.5. The van der Waals surface area contributed by atoms with E-state index in [0.717, 1.165) is 11.0 Å². The highest BCUT2D eigenvalue weighted by Gasteiger charge is 2.55. The molecular weight excluding hydrogens is 555 g/mol. The predicted molar refractivity (Wildman–Crippen MR) is 113 cm³/mol. The van der Waals surface area contributed by atoms with Gasteiger partial charge in [0.2, 0.25) is 5.91 Å². The van der Waals surface area contributed by atoms with E-state index < -0.39 is 54.1 Å². The van der Waals surface area contributed by atoms with Crippen LogP contribution in [0.25, 0.3) is 11.0 Å². The SMILES string of the molecule is C[C@@]1(O)[C@H](O)[C@@H](COP(=O)(O)OP(=O)(O)OP(=O)(O)O)O[C@H]1n1nc2c3c(ncnc31)NC(=O)CC2. The highest BCUT2D eigenvalue weighted by atomic mass is 31.3. The fraction of sp³-hybridized carbons (Fsp3) is 0.571. The zero-order chi connectivity index (χ0) is 26.7. The number of phosphoric acid groups is 3. The van der Waals surface area contributed by atoms with Crippen molar-refractivity contribution < 1.29 is 66.2 Å². The molecule has 2 aromatic heterocycles. The number of phosphoric ester groups is 1. The summed E-state index contributed by atoms with van der Waals surface area (Å²) in [4.78, 5) is 56.0. The van der Waals surface area contributed by atoms with E-state index in [1.807, 2.05) is 0 Å². The topological polar surface area (TPSA) is 282 Å². The van der Waals surface area contributed by atoms with Crippen LogP contribution in [0.1, 0.15) is 25.3 Å². The van der Waals surface area contributed by atoms with Crippen LogP contribution in [0.3, 0.4) is 0 Å². The van der Waals surface area contributed by atoms with Crippen molar-refractivity contribution in [2.24, 2.45) is 0 Å². The van der Waals surface area contributed by atoms with Gasteiger partial charge in [0, 0.05) is 12.8 Å². The summed E-state index contributed by atoms with van der Waals surface area (Å²) in [6.07, 6.45) is -3.30. The number of carbonyl (C=O) groups excluding carboxylic acids is 1. The van der Waals surface area contributed by atoms with E-state index >= 15 is 0 Å². The summed E-state index contributed by atoms with van der Waals surface area (Å²) in [5, 5.41) is 28.9. The molecule has 200 valence electrons. The molecule has 19 nitrogen and oxygen atoms in total. The van der Waals surface area contributed by atoms with Gasteiger partial charge >= 0.3 is 23.5 Å². The first-order valence-electron chi connectivity index (χ1n) is 9.85. The molecule has 2 aliphatic rings. The second-order valence-corrected chi connectivity index (χ2v) is 12.4. The van der Waals surface area contributed by atoms with Crippen LogP contribution in [0.4, 0.5) is 5.82 Å². The molecule has 0 radical (unpaired) electrons. The van der Waals surface area contributed by atoms with Gasteiger partial charge in [-0.1, -0.05) is 0 Å². The molecule has 0 bridgehead atoms. The molecule has 1 amide bonds. The summed E-state index contributed by atoms with van der Waals surface area (Å²) in [6, 6.07) is 0. The molecule has 2 unspecified atom stereocenters. The van der Waals surface area contributed by atoms with Crippen LogP contribution >= 0.6 is 23.5 Å². The first-order valence-corrected chi connectivity index (χ1v) is 14.4. The van der Waals surface area contributed by atoms with Crippen LogP contribution in [0.5, 0.6) is 0 Å². The second kappa shape index (κ2) is 9.25. The van der Waals surface area contributed by atoms with E-state index in [4.69, 9.17) is 14.5 Å². The number of carbonyl (C=O) groups is 1. The molecule has 36 heavy (non-hydrogen) atoms. The Bertz CT molecular complexity index is 1340. The fourth-order valence-corrected chi connectivity index (χ4v) is 6.74. The highest BCUT2D eigenvalue weighted by molar-refractivity contribution is 7.66. The minimum Gasteiger partial charge on any atom is -0.387 e. The third kappa shape index (κ3) is 5.58. The normalized spacial score (nSPS) is 30.0. The van der Waals surface area contributed by atoms with Crippen molar-refractivity contribution in [3.63, 3.8) is 0 Å². The molecule has 22 heteroatoms. The van der Waals surface area contributed by atoms with Crippen molar-refractivity contribution in [3.8, 4) is 0 Å². The second-order valence-electron chi connectivity index (χ2n) is 7.94. The Morgan fingerprint density at radius 1 is 1.17 bits per heavy atom. The van der Waals surface area contributed by atoms with Gasteiger partial charge in [-0.3, -0.25) is 9.32 Å². The molecule has 7 N–H and O–H groups in total. The Morgan fingerprint density at radius 3 is 2.53 bits per heavy atom. The lowest BCUT2D eigenvalue weighted by Crippen LogP contribution is -2.44. The molecule has 0 saturated carbocycles. The summed E-state index contributed by atoms with van der Waals surface area (Å²) in [5.74, 6) is -0.100. The molecule has 1 saturated heterocycles. The number of nitrogens with one attached hydrogen (secondary N) is 1. The predicted octanol–water partition coefficient (Wildman–Crippen LogP) is -0.936. The van der Waals surface area contributed by atoms with E-state index in [1.165, 1.54) is 6.92 Å². The van der Waals surface area contributed by atoms with E-state index in [1.54, 1.807) is 0 Å². The van der Waals surface area contributed by atoms with Crippen molar-refractivity contribution in [1.82, 2.24) is 19.7 Å². The van der Waals surface area contributed by atoms with Gasteiger partial charge in [0.25, 0.3) is 0 Å². The Kier molecular flexibility index (Phi) is 7.03. The van der Waals surface area contributed by atoms with Crippen molar-refractivity contribution in [1.29, 1.82) is 0 Å². The fourth-order valence-electron chi connectivity index (χ4n) is 3.71. The van der Waals surface area contributed by atoms with Gasteiger partial charge in [0.15, 0.2) is 11.9 Å². The summed E-state index contributed by atoms with van der Waals surface area (Å²) < 4.78 is 52.7. The van der Waals surface area contributed by atoms with Gasteiger partial charge in [0.05, 0.1) is 17.7 Å². The standard InChI is InChI=1S/C14H20N5O14P3/c1-14(22)10(21)7(4-30-35(26,27)33-36(28,29)32-34(23,24)25)31-13(14)19-12-9-6(18-19)2-3-8(20)17-11(9)15-5-16-12/h5,7,10,13,21-22H,2-4H2,1H3,(H,26,27)(H,28,29)(H2,23,24,25)(H,15,16,17,20)/t7-,10-,13-,14-/m1/s1. The number of ether oxygens (including phenoxy) is 1. The third-order valence-electron chi connectivity index (χ3n) is 5.20. The quantitative estimate of drug-likeness (QED) is 0.187. The molecule has 6 atom stereocenters. The van der Waals surface area contributed by atoms with Crippen molar-refractivity contribution in [2.45, 2.75) is 43.8 Å². The van der Waals surface area contributed by atoms with Gasteiger partial charge in [-0.25, -0.2) is 28.3 Å². The summed E-state index contributed by atoms with van der Waals surface area (Å²) in [6.45, 7) is 0.177. The Hall–Kier alpha value is -1.69. The number of rotatable bonds is 8. The minimum absolute atomic E-state index is 0.0930. The van der Waals surface area contributed by atoms with E-state index in [0.29, 0.717) is 11.1 Å². The number of aliphatic hydroxyl groups is 2. The number of hydrogen-bond donors (Lipinski definition) is 7. The summed E-state index contributed by atoms with van der Waals surface area (Å²) in [7, 11) is -16.8. The molecule has 2 aliphatic heterocycles. The zero-order valence-corrected chi connectivity index (χ0v) is 20.7. The van der Waals surface area contributed by atoms with E-state index in [-0.39, 0.29) is 30.2 Å². The minimum atomic E-state index is -5.74. The number of hydrogen-bond acceptors (Lipinski definition) is 13. The highest BCUT2D eigenvalue weighted by Crippen LogP contribution is 2.66. The Balaban J connectivity index is 1.55. The number of aromatic nitrogens is 4. The molecule has 0 aromatic carbocycles. The maximum Gasteiger partial charge on any atom is 0.490 e. The lowest BCUT2D eigenvalue weighted by molar-refractivity contribution is -0.116. The number of aliphatic hydroxyl groups excluding tert-OH is 1. The van der Waals surface area contributed by atoms with Crippen LogP contribution in [-0.2, 0) is 42.8 Å². The van der Waals surface area contributed by atoms with Crippen LogP contribution in [0, 0.1) is 0 Å². The Labute approximate surface area is 200 Å². The lowest BCUT2D eigenvalue weighted by Gasteiger charge is -2.26. The average molecular weight is 575 g/mol. The number of aryl methyl sites for hydroxylation is 1. The molecule has 1 fully saturated rings. The van der Waals surface area contributed by atoms with Crippen LogP contribution in [0.15, 0.2) is 6.33 Å². The lowest BCUT2D eigenvalue weighted by atomic mass is 9.97. The molecule has 4 heterocycles.